The van der Waals surface area contributed by atoms with Crippen molar-refractivity contribution >= 4 is 24.1 Å². The molecule has 0 bridgehead atoms. The molecular formula is C14H22ClNO4. The molecule has 5 nitrogen and oxygen atoms in total. The van der Waals surface area contributed by atoms with E-state index in [2.05, 4.69) is 6.92 Å². The third-order valence-corrected chi connectivity index (χ3v) is 2.94. The van der Waals surface area contributed by atoms with Gasteiger partial charge in [-0.25, -0.2) is 4.79 Å². The monoisotopic (exact) mass is 303 g/mol. The number of carboxylic acids is 1. The second kappa shape index (κ2) is 8.53. The Morgan fingerprint density at radius 1 is 1.25 bits per heavy atom. The highest BCUT2D eigenvalue weighted by Gasteiger charge is 2.22. The summed E-state index contributed by atoms with van der Waals surface area (Å²) in [6.07, 6.45) is 0.924. The van der Waals surface area contributed by atoms with E-state index in [9.17, 15) is 9.90 Å². The van der Waals surface area contributed by atoms with E-state index < -0.39 is 5.97 Å². The molecule has 0 fully saturated rings. The summed E-state index contributed by atoms with van der Waals surface area (Å²) in [6, 6.07) is 3.17. The lowest BCUT2D eigenvalue weighted by atomic mass is 10.1. The van der Waals surface area contributed by atoms with E-state index in [0.29, 0.717) is 23.7 Å². The number of carbonyl (C=O) groups is 1. The summed E-state index contributed by atoms with van der Waals surface area (Å²) in [7, 11) is 3.06. The molecule has 6 heteroatoms. The van der Waals surface area contributed by atoms with Crippen LogP contribution < -0.4 is 14.4 Å². The molecule has 1 aromatic carbocycles. The van der Waals surface area contributed by atoms with Gasteiger partial charge in [0.2, 0.25) is 0 Å². The molecule has 0 radical (unpaired) electrons. The van der Waals surface area contributed by atoms with Crippen LogP contribution in [0.5, 0.6) is 11.5 Å². The standard InChI is InChI=1S/C14H21NO4.ClH/c1-5-9-15(6-2)12-10(14(16)17)7-8-11(18-3)13(12)19-4;/h7-8H,5-6,9H2,1-4H3,(H,16,17);1H. The SMILES string of the molecule is CCCN(CC)c1c(C(=O)O)ccc(OC)c1OC.Cl. The Kier molecular flexibility index (Phi) is 7.84. The van der Waals surface area contributed by atoms with Gasteiger partial charge in [-0.1, -0.05) is 6.92 Å². The molecule has 1 rings (SSSR count). The van der Waals surface area contributed by atoms with Crippen LogP contribution in [0.25, 0.3) is 0 Å². The number of benzene rings is 1. The zero-order valence-corrected chi connectivity index (χ0v) is 13.1. The van der Waals surface area contributed by atoms with Crippen LogP contribution in [0.2, 0.25) is 0 Å². The first-order valence-corrected chi connectivity index (χ1v) is 6.33. The van der Waals surface area contributed by atoms with Gasteiger partial charge in [-0.05, 0) is 25.5 Å². The van der Waals surface area contributed by atoms with Crippen molar-refractivity contribution in [2.24, 2.45) is 0 Å². The van der Waals surface area contributed by atoms with Gasteiger partial charge in [0.1, 0.15) is 0 Å². The second-order valence-corrected chi connectivity index (χ2v) is 4.08. The van der Waals surface area contributed by atoms with Crippen molar-refractivity contribution in [3.63, 3.8) is 0 Å². The summed E-state index contributed by atoms with van der Waals surface area (Å²) in [5.74, 6) is 0.0419. The molecule has 0 aliphatic carbocycles. The average Bonchev–Trinajstić information content (AvgIpc) is 2.42. The van der Waals surface area contributed by atoms with E-state index in [-0.39, 0.29) is 18.0 Å². The van der Waals surface area contributed by atoms with Gasteiger partial charge in [0.15, 0.2) is 11.5 Å². The highest BCUT2D eigenvalue weighted by molar-refractivity contribution is 5.97. The van der Waals surface area contributed by atoms with Crippen molar-refractivity contribution in [3.05, 3.63) is 17.7 Å². The van der Waals surface area contributed by atoms with Gasteiger partial charge >= 0.3 is 5.97 Å². The van der Waals surface area contributed by atoms with Crippen LogP contribution in [0.1, 0.15) is 30.6 Å². The fraction of sp³-hybridized carbons (Fsp3) is 0.500. The maximum absolute atomic E-state index is 11.4. The van der Waals surface area contributed by atoms with E-state index in [1.54, 1.807) is 12.1 Å². The Morgan fingerprint density at radius 2 is 1.90 bits per heavy atom. The fourth-order valence-corrected chi connectivity index (χ4v) is 2.10. The Balaban J connectivity index is 0.00000361. The van der Waals surface area contributed by atoms with Crippen LogP contribution in [-0.4, -0.2) is 38.4 Å². The smallest absolute Gasteiger partial charge is 0.337 e. The topological polar surface area (TPSA) is 59.0 Å². The number of carboxylic acid groups (broad SMARTS) is 1. The van der Waals surface area contributed by atoms with E-state index >= 15 is 0 Å². The number of aromatic carboxylic acids is 1. The zero-order chi connectivity index (χ0) is 14.4. The molecule has 0 atom stereocenters. The normalized spacial score (nSPS) is 9.60. The van der Waals surface area contributed by atoms with Crippen molar-refractivity contribution in [1.82, 2.24) is 0 Å². The van der Waals surface area contributed by atoms with Crippen molar-refractivity contribution in [1.29, 1.82) is 0 Å². The average molecular weight is 304 g/mol. The predicted molar refractivity (Wildman–Crippen MR) is 81.9 cm³/mol. The number of rotatable bonds is 7. The van der Waals surface area contributed by atoms with Crippen molar-refractivity contribution in [3.8, 4) is 11.5 Å². The molecule has 0 amide bonds. The lowest BCUT2D eigenvalue weighted by Crippen LogP contribution is -2.26. The minimum absolute atomic E-state index is 0. The van der Waals surface area contributed by atoms with Gasteiger partial charge in [0, 0.05) is 13.1 Å². The lowest BCUT2D eigenvalue weighted by Gasteiger charge is -2.27. The fourth-order valence-electron chi connectivity index (χ4n) is 2.10. The third kappa shape index (κ3) is 3.70. The van der Waals surface area contributed by atoms with Gasteiger partial charge in [-0.2, -0.15) is 0 Å². The quantitative estimate of drug-likeness (QED) is 0.839. The molecule has 1 aromatic rings. The number of nitrogens with zero attached hydrogens (tertiary/aromatic N) is 1. The molecule has 20 heavy (non-hydrogen) atoms. The molecule has 0 unspecified atom stereocenters. The summed E-state index contributed by atoms with van der Waals surface area (Å²) in [5.41, 5.74) is 0.812. The Hall–Kier alpha value is -1.62. The minimum atomic E-state index is -0.967. The summed E-state index contributed by atoms with van der Waals surface area (Å²) >= 11 is 0. The zero-order valence-electron chi connectivity index (χ0n) is 12.3. The van der Waals surface area contributed by atoms with Crippen LogP contribution in [0.4, 0.5) is 5.69 Å². The number of ether oxygens (including phenoxy) is 2. The number of hydrogen-bond donors (Lipinski definition) is 1. The van der Waals surface area contributed by atoms with E-state index in [4.69, 9.17) is 9.47 Å². The largest absolute Gasteiger partial charge is 0.493 e. The number of hydrogen-bond acceptors (Lipinski definition) is 4. The Labute approximate surface area is 125 Å². The first-order valence-electron chi connectivity index (χ1n) is 6.33. The number of methoxy groups -OCH3 is 2. The van der Waals surface area contributed by atoms with E-state index in [1.807, 2.05) is 11.8 Å². The van der Waals surface area contributed by atoms with Crippen molar-refractivity contribution in [2.75, 3.05) is 32.2 Å². The number of halogens is 1. The molecule has 1 N–H and O–H groups in total. The van der Waals surface area contributed by atoms with Gasteiger partial charge in [-0.3, -0.25) is 0 Å². The molecule has 0 aliphatic rings. The molecule has 0 heterocycles. The molecule has 0 aromatic heterocycles. The van der Waals surface area contributed by atoms with Crippen molar-refractivity contribution < 1.29 is 19.4 Å². The summed E-state index contributed by atoms with van der Waals surface area (Å²) in [4.78, 5) is 13.4. The summed E-state index contributed by atoms with van der Waals surface area (Å²) in [5, 5.41) is 9.34. The Bertz CT molecular complexity index is 451. The van der Waals surface area contributed by atoms with Crippen LogP contribution >= 0.6 is 12.4 Å². The van der Waals surface area contributed by atoms with Crippen LogP contribution in [0, 0.1) is 0 Å². The maximum Gasteiger partial charge on any atom is 0.337 e. The van der Waals surface area contributed by atoms with Gasteiger partial charge in [-0.15, -0.1) is 12.4 Å². The predicted octanol–water partition coefficient (Wildman–Crippen LogP) is 3.06. The van der Waals surface area contributed by atoms with Crippen LogP contribution in [0.15, 0.2) is 12.1 Å². The molecule has 114 valence electrons. The number of anilines is 1. The Morgan fingerprint density at radius 3 is 2.30 bits per heavy atom. The first-order chi connectivity index (χ1) is 9.10. The maximum atomic E-state index is 11.4. The molecular weight excluding hydrogens is 282 g/mol. The third-order valence-electron chi connectivity index (χ3n) is 2.94. The molecule has 0 aliphatic heterocycles. The van der Waals surface area contributed by atoms with Gasteiger partial charge in [0.05, 0.1) is 25.5 Å². The van der Waals surface area contributed by atoms with Crippen molar-refractivity contribution in [2.45, 2.75) is 20.3 Å². The van der Waals surface area contributed by atoms with Crippen LogP contribution in [0.3, 0.4) is 0 Å². The summed E-state index contributed by atoms with van der Waals surface area (Å²) in [6.45, 7) is 5.51. The first kappa shape index (κ1) is 18.4. The molecule has 0 spiro atoms. The summed E-state index contributed by atoms with van der Waals surface area (Å²) < 4.78 is 10.6. The van der Waals surface area contributed by atoms with Gasteiger partial charge < -0.3 is 19.5 Å². The van der Waals surface area contributed by atoms with Crippen LogP contribution in [-0.2, 0) is 0 Å². The molecule has 0 saturated heterocycles. The lowest BCUT2D eigenvalue weighted by molar-refractivity contribution is 0.0697. The molecule has 0 saturated carbocycles. The second-order valence-electron chi connectivity index (χ2n) is 4.08. The van der Waals surface area contributed by atoms with E-state index in [1.165, 1.54) is 14.2 Å². The van der Waals surface area contributed by atoms with Gasteiger partial charge in [0.25, 0.3) is 0 Å². The highest BCUT2D eigenvalue weighted by Crippen LogP contribution is 2.40. The van der Waals surface area contributed by atoms with E-state index in [0.717, 1.165) is 13.0 Å². The minimum Gasteiger partial charge on any atom is -0.493 e. The highest BCUT2D eigenvalue weighted by atomic mass is 35.5.